The maximum absolute atomic E-state index is 10.2. The lowest BCUT2D eigenvalue weighted by molar-refractivity contribution is -0.136. The maximum Gasteiger partial charge on any atom is 0.318 e. The molecule has 5 nitrogen and oxygen atoms in total. The van der Waals surface area contributed by atoms with E-state index < -0.39 is 5.97 Å². The van der Waals surface area contributed by atoms with Crippen molar-refractivity contribution in [3.05, 3.63) is 35.4 Å². The molecule has 0 heterocycles. The standard InChI is InChI=1S/C10H15N3O2/c11-5-8-2-1-3-9(4-8)6-12-13-7-10(14)15/h1-4,12-13H,5-7,11H2,(H,14,15). The van der Waals surface area contributed by atoms with E-state index in [0.29, 0.717) is 13.1 Å². The molecule has 0 amide bonds. The summed E-state index contributed by atoms with van der Waals surface area (Å²) in [6, 6.07) is 7.81. The first-order valence-electron chi connectivity index (χ1n) is 4.68. The number of nitrogens with two attached hydrogens (primary N) is 1. The third kappa shape index (κ3) is 4.55. The van der Waals surface area contributed by atoms with Crippen molar-refractivity contribution in [1.29, 1.82) is 0 Å². The minimum atomic E-state index is -0.891. The van der Waals surface area contributed by atoms with Crippen LogP contribution in [0.15, 0.2) is 24.3 Å². The SMILES string of the molecule is NCc1cccc(CNNCC(=O)O)c1. The third-order valence-electron chi connectivity index (χ3n) is 1.88. The number of carboxylic acid groups (broad SMARTS) is 1. The molecule has 5 heteroatoms. The largest absolute Gasteiger partial charge is 0.480 e. The summed E-state index contributed by atoms with van der Waals surface area (Å²) in [5.74, 6) is -0.891. The summed E-state index contributed by atoms with van der Waals surface area (Å²) < 4.78 is 0. The Labute approximate surface area is 88.3 Å². The van der Waals surface area contributed by atoms with E-state index >= 15 is 0 Å². The predicted octanol–water partition coefficient (Wildman–Crippen LogP) is -0.176. The third-order valence-corrected chi connectivity index (χ3v) is 1.88. The first-order valence-corrected chi connectivity index (χ1v) is 4.68. The zero-order valence-corrected chi connectivity index (χ0v) is 8.36. The van der Waals surface area contributed by atoms with Crippen LogP contribution in [0.25, 0.3) is 0 Å². The van der Waals surface area contributed by atoms with Gasteiger partial charge in [0.05, 0.1) is 0 Å². The number of benzene rings is 1. The van der Waals surface area contributed by atoms with Crippen molar-refractivity contribution in [3.8, 4) is 0 Å². The zero-order chi connectivity index (χ0) is 11.1. The number of hydrogen-bond donors (Lipinski definition) is 4. The predicted molar refractivity (Wildman–Crippen MR) is 56.8 cm³/mol. The van der Waals surface area contributed by atoms with Crippen LogP contribution in [0, 0.1) is 0 Å². The van der Waals surface area contributed by atoms with Gasteiger partial charge in [-0.05, 0) is 11.1 Å². The van der Waals surface area contributed by atoms with Crippen molar-refractivity contribution in [1.82, 2.24) is 10.9 Å². The Bertz CT molecular complexity index is 328. The van der Waals surface area contributed by atoms with Crippen molar-refractivity contribution in [3.63, 3.8) is 0 Å². The Kier molecular flexibility index (Phi) is 4.76. The van der Waals surface area contributed by atoms with Gasteiger partial charge in [0.25, 0.3) is 0 Å². The van der Waals surface area contributed by atoms with Gasteiger partial charge in [-0.3, -0.25) is 10.2 Å². The Balaban J connectivity index is 2.33. The summed E-state index contributed by atoms with van der Waals surface area (Å²) >= 11 is 0. The molecular formula is C10H15N3O2. The molecule has 0 aromatic heterocycles. The lowest BCUT2D eigenvalue weighted by atomic mass is 10.1. The molecule has 1 rings (SSSR count). The lowest BCUT2D eigenvalue weighted by Crippen LogP contribution is -2.35. The number of hydrazine groups is 1. The highest BCUT2D eigenvalue weighted by Crippen LogP contribution is 2.03. The van der Waals surface area contributed by atoms with E-state index in [1.807, 2.05) is 24.3 Å². The van der Waals surface area contributed by atoms with Crippen LogP contribution in [0.5, 0.6) is 0 Å². The van der Waals surface area contributed by atoms with Crippen LogP contribution in [0.2, 0.25) is 0 Å². The molecule has 5 N–H and O–H groups in total. The van der Waals surface area contributed by atoms with Crippen LogP contribution in [0.3, 0.4) is 0 Å². The fourth-order valence-corrected chi connectivity index (χ4v) is 1.17. The number of hydrogen-bond acceptors (Lipinski definition) is 4. The molecular weight excluding hydrogens is 194 g/mol. The second-order valence-corrected chi connectivity index (χ2v) is 3.12. The van der Waals surface area contributed by atoms with Gasteiger partial charge in [0.2, 0.25) is 0 Å². The first kappa shape index (κ1) is 11.6. The molecule has 0 aliphatic rings. The molecule has 0 atom stereocenters. The van der Waals surface area contributed by atoms with E-state index in [0.717, 1.165) is 11.1 Å². The highest BCUT2D eigenvalue weighted by atomic mass is 16.4. The van der Waals surface area contributed by atoms with E-state index in [1.165, 1.54) is 0 Å². The van der Waals surface area contributed by atoms with E-state index in [2.05, 4.69) is 10.9 Å². The molecule has 0 fully saturated rings. The molecule has 1 aromatic carbocycles. The van der Waals surface area contributed by atoms with Crippen molar-refractivity contribution in [2.75, 3.05) is 6.54 Å². The number of rotatable bonds is 6. The molecule has 15 heavy (non-hydrogen) atoms. The monoisotopic (exact) mass is 209 g/mol. The maximum atomic E-state index is 10.2. The fraction of sp³-hybridized carbons (Fsp3) is 0.300. The number of carboxylic acids is 1. The smallest absolute Gasteiger partial charge is 0.318 e. The number of nitrogens with one attached hydrogen (secondary N) is 2. The fourth-order valence-electron chi connectivity index (χ4n) is 1.17. The summed E-state index contributed by atoms with van der Waals surface area (Å²) in [6.45, 7) is 0.980. The van der Waals surface area contributed by atoms with Gasteiger partial charge in [0, 0.05) is 13.1 Å². The van der Waals surface area contributed by atoms with Crippen molar-refractivity contribution < 1.29 is 9.90 Å². The highest BCUT2D eigenvalue weighted by molar-refractivity contribution is 5.68. The Morgan fingerprint density at radius 2 is 2.07 bits per heavy atom. The molecule has 82 valence electrons. The Morgan fingerprint density at radius 3 is 2.73 bits per heavy atom. The molecule has 0 saturated carbocycles. The van der Waals surface area contributed by atoms with Gasteiger partial charge in [-0.2, -0.15) is 0 Å². The summed E-state index contributed by atoms with van der Waals surface area (Å²) in [7, 11) is 0. The lowest BCUT2D eigenvalue weighted by Gasteiger charge is -2.06. The molecule has 0 saturated heterocycles. The average Bonchev–Trinajstić information content (AvgIpc) is 2.24. The topological polar surface area (TPSA) is 87.4 Å². The molecule has 0 bridgehead atoms. The molecule has 0 radical (unpaired) electrons. The van der Waals surface area contributed by atoms with E-state index in [4.69, 9.17) is 10.8 Å². The van der Waals surface area contributed by atoms with Gasteiger partial charge in [0.1, 0.15) is 6.54 Å². The van der Waals surface area contributed by atoms with Crippen LogP contribution in [-0.2, 0) is 17.9 Å². The van der Waals surface area contributed by atoms with E-state index in [9.17, 15) is 4.79 Å². The number of carbonyl (C=O) groups is 1. The van der Waals surface area contributed by atoms with Gasteiger partial charge in [0.15, 0.2) is 0 Å². The molecule has 1 aromatic rings. The minimum absolute atomic E-state index is 0.101. The Morgan fingerprint density at radius 1 is 1.33 bits per heavy atom. The van der Waals surface area contributed by atoms with Crippen molar-refractivity contribution in [2.45, 2.75) is 13.1 Å². The van der Waals surface area contributed by atoms with Gasteiger partial charge in [-0.25, -0.2) is 5.43 Å². The average molecular weight is 209 g/mol. The molecule has 0 spiro atoms. The van der Waals surface area contributed by atoms with Crippen LogP contribution in [-0.4, -0.2) is 17.6 Å². The zero-order valence-electron chi connectivity index (χ0n) is 8.36. The quantitative estimate of drug-likeness (QED) is 0.386. The van der Waals surface area contributed by atoms with E-state index in [1.54, 1.807) is 0 Å². The van der Waals surface area contributed by atoms with Crippen LogP contribution in [0.1, 0.15) is 11.1 Å². The summed E-state index contributed by atoms with van der Waals surface area (Å²) in [5, 5.41) is 8.37. The highest BCUT2D eigenvalue weighted by Gasteiger charge is 1.96. The van der Waals surface area contributed by atoms with Gasteiger partial charge < -0.3 is 10.8 Å². The van der Waals surface area contributed by atoms with Gasteiger partial charge >= 0.3 is 5.97 Å². The summed E-state index contributed by atoms with van der Waals surface area (Å²) in [5.41, 5.74) is 13.0. The first-order chi connectivity index (χ1) is 7.22. The van der Waals surface area contributed by atoms with Crippen LogP contribution >= 0.6 is 0 Å². The normalized spacial score (nSPS) is 10.2. The molecule has 0 aliphatic heterocycles. The number of aliphatic carboxylic acids is 1. The molecule has 0 unspecified atom stereocenters. The molecule has 0 aliphatic carbocycles. The van der Waals surface area contributed by atoms with Gasteiger partial charge in [-0.15, -0.1) is 0 Å². The minimum Gasteiger partial charge on any atom is -0.480 e. The van der Waals surface area contributed by atoms with Crippen LogP contribution < -0.4 is 16.6 Å². The summed E-state index contributed by atoms with van der Waals surface area (Å²) in [6.07, 6.45) is 0. The summed E-state index contributed by atoms with van der Waals surface area (Å²) in [4.78, 5) is 10.2. The van der Waals surface area contributed by atoms with Gasteiger partial charge in [-0.1, -0.05) is 24.3 Å². The second kappa shape index (κ2) is 6.13. The van der Waals surface area contributed by atoms with Crippen molar-refractivity contribution in [2.24, 2.45) is 5.73 Å². The Hall–Kier alpha value is -1.43. The van der Waals surface area contributed by atoms with Crippen LogP contribution in [0.4, 0.5) is 0 Å². The van der Waals surface area contributed by atoms with Crippen molar-refractivity contribution >= 4 is 5.97 Å². The van der Waals surface area contributed by atoms with E-state index in [-0.39, 0.29) is 6.54 Å². The second-order valence-electron chi connectivity index (χ2n) is 3.12.